The average Bonchev–Trinajstić information content (AvgIpc) is 3.13. The summed E-state index contributed by atoms with van der Waals surface area (Å²) in [4.78, 5) is 16.3. The maximum Gasteiger partial charge on any atom is 0.335 e. The molecule has 0 unspecified atom stereocenters. The third kappa shape index (κ3) is 5.49. The number of methoxy groups -OCH3 is 1. The molecule has 7 heteroatoms. The number of halogens is 1. The minimum Gasteiger partial charge on any atom is -0.487 e. The summed E-state index contributed by atoms with van der Waals surface area (Å²) in [5, 5.41) is 0. The molecule has 0 fully saturated rings. The summed E-state index contributed by atoms with van der Waals surface area (Å²) in [7, 11) is 1.35. The van der Waals surface area contributed by atoms with Crippen LogP contribution in [0.2, 0.25) is 0 Å². The number of esters is 1. The molecule has 31 heavy (non-hydrogen) atoms. The molecule has 2 aromatic carbocycles. The first-order valence-corrected chi connectivity index (χ1v) is 10.1. The van der Waals surface area contributed by atoms with Gasteiger partial charge >= 0.3 is 5.97 Å². The van der Waals surface area contributed by atoms with Crippen molar-refractivity contribution in [3.8, 4) is 17.2 Å². The number of aryl methyl sites for hydroxylation is 2. The van der Waals surface area contributed by atoms with Gasteiger partial charge in [0.2, 0.25) is 5.89 Å². The van der Waals surface area contributed by atoms with E-state index in [4.69, 9.17) is 18.6 Å². The van der Waals surface area contributed by atoms with Crippen molar-refractivity contribution < 1.29 is 27.8 Å². The Bertz CT molecular complexity index is 1050. The SMILES string of the molecule is CCO[C@@H](Cc1ccc(OCc2nc(-c3ccccc3F)oc2C)cc1C)C(=O)OC. The second-order valence-corrected chi connectivity index (χ2v) is 7.05. The van der Waals surface area contributed by atoms with Gasteiger partial charge < -0.3 is 18.6 Å². The van der Waals surface area contributed by atoms with Gasteiger partial charge in [-0.1, -0.05) is 18.2 Å². The lowest BCUT2D eigenvalue weighted by Gasteiger charge is -2.16. The van der Waals surface area contributed by atoms with Crippen LogP contribution >= 0.6 is 0 Å². The van der Waals surface area contributed by atoms with Gasteiger partial charge in [0.15, 0.2) is 6.10 Å². The fourth-order valence-electron chi connectivity index (χ4n) is 3.19. The average molecular weight is 427 g/mol. The fraction of sp³-hybridized carbons (Fsp3) is 0.333. The molecule has 0 radical (unpaired) electrons. The van der Waals surface area contributed by atoms with Crippen LogP contribution in [0, 0.1) is 19.7 Å². The first-order valence-electron chi connectivity index (χ1n) is 10.1. The van der Waals surface area contributed by atoms with Crippen LogP contribution in [0.5, 0.6) is 5.75 Å². The number of ether oxygens (including phenoxy) is 3. The first kappa shape index (κ1) is 22.5. The molecule has 0 aliphatic heterocycles. The quantitative estimate of drug-likeness (QED) is 0.457. The summed E-state index contributed by atoms with van der Waals surface area (Å²) in [5.74, 6) is 0.672. The molecule has 3 rings (SSSR count). The smallest absolute Gasteiger partial charge is 0.335 e. The summed E-state index contributed by atoms with van der Waals surface area (Å²) >= 11 is 0. The Morgan fingerprint density at radius 3 is 2.65 bits per heavy atom. The topological polar surface area (TPSA) is 70.8 Å². The Morgan fingerprint density at radius 1 is 1.19 bits per heavy atom. The Hall–Kier alpha value is -3.19. The maximum atomic E-state index is 14.0. The van der Waals surface area contributed by atoms with E-state index in [1.54, 1.807) is 25.1 Å². The molecule has 0 amide bonds. The molecule has 0 saturated heterocycles. The van der Waals surface area contributed by atoms with Gasteiger partial charge in [-0.3, -0.25) is 0 Å². The third-order valence-corrected chi connectivity index (χ3v) is 4.92. The number of hydrogen-bond donors (Lipinski definition) is 0. The summed E-state index contributed by atoms with van der Waals surface area (Å²) in [6.07, 6.45) is -0.226. The normalized spacial score (nSPS) is 11.9. The number of aromatic nitrogens is 1. The number of rotatable bonds is 9. The van der Waals surface area contributed by atoms with Gasteiger partial charge in [-0.05, 0) is 56.2 Å². The lowest BCUT2D eigenvalue weighted by atomic mass is 10.0. The Balaban J connectivity index is 1.68. The van der Waals surface area contributed by atoms with Gasteiger partial charge in [0.25, 0.3) is 0 Å². The molecule has 0 spiro atoms. The molecule has 0 bridgehead atoms. The van der Waals surface area contributed by atoms with Crippen LogP contribution < -0.4 is 4.74 Å². The molecule has 0 aliphatic carbocycles. The standard InChI is InChI=1S/C24H26FNO5/c1-5-29-22(24(27)28-4)13-17-10-11-18(12-15(17)2)30-14-21-16(3)31-23(26-21)19-8-6-7-9-20(19)25/h6-12,22H,5,13-14H2,1-4H3/t22-/m0/s1. The van der Waals surface area contributed by atoms with E-state index in [2.05, 4.69) is 4.98 Å². The lowest BCUT2D eigenvalue weighted by Crippen LogP contribution is -2.28. The highest BCUT2D eigenvalue weighted by Crippen LogP contribution is 2.26. The van der Waals surface area contributed by atoms with Crippen molar-refractivity contribution in [1.82, 2.24) is 4.98 Å². The van der Waals surface area contributed by atoms with Gasteiger partial charge in [-0.2, -0.15) is 0 Å². The highest BCUT2D eigenvalue weighted by atomic mass is 19.1. The number of oxazole rings is 1. The summed E-state index contributed by atoms with van der Waals surface area (Å²) in [6, 6.07) is 12.0. The van der Waals surface area contributed by atoms with Gasteiger partial charge in [0.05, 0.1) is 12.7 Å². The predicted octanol–water partition coefficient (Wildman–Crippen LogP) is 4.80. The van der Waals surface area contributed by atoms with E-state index in [0.717, 1.165) is 11.1 Å². The monoisotopic (exact) mass is 427 g/mol. The number of benzene rings is 2. The van der Waals surface area contributed by atoms with E-state index in [-0.39, 0.29) is 18.3 Å². The number of carbonyl (C=O) groups excluding carboxylic acids is 1. The largest absolute Gasteiger partial charge is 0.487 e. The summed E-state index contributed by atoms with van der Waals surface area (Å²) in [5.41, 5.74) is 2.85. The van der Waals surface area contributed by atoms with E-state index >= 15 is 0 Å². The molecule has 0 saturated carbocycles. The minimum atomic E-state index is -0.643. The highest BCUT2D eigenvalue weighted by Gasteiger charge is 2.21. The third-order valence-electron chi connectivity index (χ3n) is 4.92. The molecular formula is C24H26FNO5. The van der Waals surface area contributed by atoms with E-state index < -0.39 is 12.1 Å². The Labute approximate surface area is 181 Å². The van der Waals surface area contributed by atoms with Crippen LogP contribution in [0.1, 0.15) is 29.5 Å². The van der Waals surface area contributed by atoms with Crippen molar-refractivity contribution in [3.05, 3.63) is 70.9 Å². The molecule has 1 atom stereocenters. The number of hydrogen-bond acceptors (Lipinski definition) is 6. The summed E-state index contributed by atoms with van der Waals surface area (Å²) in [6.45, 7) is 6.16. The number of carbonyl (C=O) groups is 1. The van der Waals surface area contributed by atoms with E-state index in [1.807, 2.05) is 32.0 Å². The fourth-order valence-corrected chi connectivity index (χ4v) is 3.19. The van der Waals surface area contributed by atoms with Crippen molar-refractivity contribution in [2.45, 2.75) is 39.9 Å². The molecule has 6 nitrogen and oxygen atoms in total. The van der Waals surface area contributed by atoms with E-state index in [0.29, 0.717) is 35.8 Å². The van der Waals surface area contributed by atoms with Gasteiger partial charge in [0, 0.05) is 13.0 Å². The van der Waals surface area contributed by atoms with Crippen molar-refractivity contribution in [1.29, 1.82) is 0 Å². The van der Waals surface area contributed by atoms with Gasteiger partial charge in [-0.15, -0.1) is 0 Å². The van der Waals surface area contributed by atoms with Crippen LogP contribution in [-0.2, 0) is 27.3 Å². The molecular weight excluding hydrogens is 401 g/mol. The predicted molar refractivity (Wildman–Crippen MR) is 113 cm³/mol. The van der Waals surface area contributed by atoms with Crippen LogP contribution in [0.15, 0.2) is 46.9 Å². The minimum absolute atomic E-state index is 0.187. The molecule has 1 heterocycles. The second kappa shape index (κ2) is 10.2. The molecule has 0 aliphatic rings. The number of nitrogens with zero attached hydrogens (tertiary/aromatic N) is 1. The first-order chi connectivity index (χ1) is 14.9. The Morgan fingerprint density at radius 2 is 1.97 bits per heavy atom. The second-order valence-electron chi connectivity index (χ2n) is 7.05. The molecule has 0 N–H and O–H groups in total. The van der Waals surface area contributed by atoms with E-state index in [9.17, 15) is 9.18 Å². The molecule has 164 valence electrons. The lowest BCUT2D eigenvalue weighted by molar-refractivity contribution is -0.153. The maximum absolute atomic E-state index is 14.0. The van der Waals surface area contributed by atoms with Crippen molar-refractivity contribution >= 4 is 5.97 Å². The van der Waals surface area contributed by atoms with Crippen LogP contribution in [0.3, 0.4) is 0 Å². The zero-order valence-electron chi connectivity index (χ0n) is 18.1. The molecule has 3 aromatic rings. The van der Waals surface area contributed by atoms with Crippen LogP contribution in [0.25, 0.3) is 11.5 Å². The Kier molecular flexibility index (Phi) is 7.41. The van der Waals surface area contributed by atoms with Crippen molar-refractivity contribution in [3.63, 3.8) is 0 Å². The van der Waals surface area contributed by atoms with Crippen LogP contribution in [-0.4, -0.2) is 30.8 Å². The highest BCUT2D eigenvalue weighted by molar-refractivity contribution is 5.75. The molecule has 1 aromatic heterocycles. The zero-order valence-corrected chi connectivity index (χ0v) is 18.1. The summed E-state index contributed by atoms with van der Waals surface area (Å²) < 4.78 is 35.8. The van der Waals surface area contributed by atoms with Gasteiger partial charge in [0.1, 0.15) is 29.6 Å². The van der Waals surface area contributed by atoms with E-state index in [1.165, 1.54) is 13.2 Å². The van der Waals surface area contributed by atoms with Gasteiger partial charge in [-0.25, -0.2) is 14.2 Å². The van der Waals surface area contributed by atoms with Crippen molar-refractivity contribution in [2.75, 3.05) is 13.7 Å². The van der Waals surface area contributed by atoms with Crippen LogP contribution in [0.4, 0.5) is 4.39 Å². The van der Waals surface area contributed by atoms with Crippen molar-refractivity contribution in [2.24, 2.45) is 0 Å². The zero-order chi connectivity index (χ0) is 22.4.